The zero-order valence-electron chi connectivity index (χ0n) is 26.4. The van der Waals surface area contributed by atoms with Crippen molar-refractivity contribution < 1.29 is 44.5 Å². The zero-order chi connectivity index (χ0) is 33.1. The van der Waals surface area contributed by atoms with Crippen molar-refractivity contribution in [2.45, 2.75) is 69.9 Å². The number of aliphatic hydroxyl groups is 3. The number of phenolic OH excluding ortho intramolecular Hbond substituents is 1. The van der Waals surface area contributed by atoms with E-state index < -0.39 is 36.7 Å². The average molecular weight is 647 g/mol. The van der Waals surface area contributed by atoms with E-state index in [4.69, 9.17) is 14.2 Å². The zero-order valence-corrected chi connectivity index (χ0v) is 26.4. The lowest BCUT2D eigenvalue weighted by Crippen LogP contribution is -2.61. The number of carboxylic acid groups (broad SMARTS) is 1. The van der Waals surface area contributed by atoms with Gasteiger partial charge in [-0.1, -0.05) is 25.0 Å². The summed E-state index contributed by atoms with van der Waals surface area (Å²) in [4.78, 5) is 14.0. The quantitative estimate of drug-likeness (QED) is 0.171. The number of benzene rings is 3. The van der Waals surface area contributed by atoms with Crippen LogP contribution in [0.3, 0.4) is 0 Å². The van der Waals surface area contributed by atoms with E-state index in [9.17, 15) is 30.3 Å². The predicted octanol–water partition coefficient (Wildman–Crippen LogP) is 3.90. The van der Waals surface area contributed by atoms with Crippen molar-refractivity contribution in [3.05, 3.63) is 77.9 Å². The summed E-state index contributed by atoms with van der Waals surface area (Å²) >= 11 is 0. The van der Waals surface area contributed by atoms with E-state index in [2.05, 4.69) is 21.6 Å². The van der Waals surface area contributed by atoms with Gasteiger partial charge in [-0.2, -0.15) is 0 Å². The number of hydrogen-bond donors (Lipinski definition) is 5. The Morgan fingerprint density at radius 1 is 0.872 bits per heavy atom. The van der Waals surface area contributed by atoms with Gasteiger partial charge in [0.1, 0.15) is 42.2 Å². The second-order valence-corrected chi connectivity index (χ2v) is 12.4. The fourth-order valence-electron chi connectivity index (χ4n) is 6.54. The number of ether oxygens (including phenoxy) is 3. The van der Waals surface area contributed by atoms with Crippen LogP contribution in [-0.4, -0.2) is 97.9 Å². The molecule has 0 spiro atoms. The predicted molar refractivity (Wildman–Crippen MR) is 175 cm³/mol. The third-order valence-electron chi connectivity index (χ3n) is 9.13. The Morgan fingerprint density at radius 3 is 2.23 bits per heavy atom. The number of hydrogen-bond acceptors (Lipinski definition) is 9. The smallest absolute Gasteiger partial charge is 0.335 e. The van der Waals surface area contributed by atoms with E-state index in [-0.39, 0.29) is 11.5 Å². The molecule has 0 aliphatic carbocycles. The number of phenols is 1. The monoisotopic (exact) mass is 646 g/mol. The SMILES string of the molecule is Cc1c(-c2ccc(O)cc2)n(Cc2ccc(OCCN3CCCCCC3)cc2)c2ccc(O[C@@H]3O[C@H](C(=O)O)[C@@H](O)[C@H](O)[C@H]3O)cc12. The molecule has 2 saturated heterocycles. The summed E-state index contributed by atoms with van der Waals surface area (Å²) in [6, 6.07) is 20.4. The number of carbonyl (C=O) groups is 1. The topological polar surface area (TPSA) is 154 Å². The first-order valence-corrected chi connectivity index (χ1v) is 16.1. The molecule has 1 aromatic heterocycles. The van der Waals surface area contributed by atoms with Gasteiger partial charge in [0.25, 0.3) is 0 Å². The molecule has 250 valence electrons. The average Bonchev–Trinajstić information content (AvgIpc) is 3.19. The van der Waals surface area contributed by atoms with Crippen LogP contribution in [0, 0.1) is 6.92 Å². The molecule has 4 aromatic rings. The van der Waals surface area contributed by atoms with Crippen molar-refractivity contribution in [1.82, 2.24) is 9.47 Å². The maximum Gasteiger partial charge on any atom is 0.335 e. The fraction of sp³-hybridized carbons (Fsp3) is 0.417. The highest BCUT2D eigenvalue weighted by atomic mass is 16.7. The van der Waals surface area contributed by atoms with Crippen LogP contribution >= 0.6 is 0 Å². The van der Waals surface area contributed by atoms with E-state index in [1.807, 2.05) is 37.3 Å². The maximum atomic E-state index is 11.6. The summed E-state index contributed by atoms with van der Waals surface area (Å²) in [7, 11) is 0. The molecule has 0 bridgehead atoms. The van der Waals surface area contributed by atoms with Gasteiger partial charge in [-0.25, -0.2) is 4.79 Å². The Hall–Kier alpha value is -4.13. The minimum absolute atomic E-state index is 0.161. The van der Waals surface area contributed by atoms with Crippen LogP contribution in [0.15, 0.2) is 66.7 Å². The standard InChI is InChI=1S/C36H42N2O9/c1-22-28-20-27(46-36-33(42)31(40)32(41)34(47-36)35(43)44)14-15-29(28)38(30(22)24-8-10-25(39)11-9-24)21-23-6-12-26(13-7-23)45-19-18-37-16-4-2-3-5-17-37/h6-15,20,31-34,36,39-42H,2-5,16-19,21H2,1H3,(H,43,44)/t31-,32-,33+,34-,36+/m0/s1. The molecule has 6 rings (SSSR count). The number of nitrogens with zero attached hydrogens (tertiary/aromatic N) is 2. The number of fused-ring (bicyclic) bond motifs is 1. The number of rotatable bonds is 10. The summed E-state index contributed by atoms with van der Waals surface area (Å²) in [5.41, 5.74) is 4.75. The second kappa shape index (κ2) is 14.3. The van der Waals surface area contributed by atoms with Gasteiger partial charge in [0, 0.05) is 24.0 Å². The molecule has 11 nitrogen and oxygen atoms in total. The normalized spacial score (nSPS) is 23.8. The molecule has 0 unspecified atom stereocenters. The number of aromatic nitrogens is 1. The van der Waals surface area contributed by atoms with E-state index in [1.54, 1.807) is 24.3 Å². The Balaban J connectivity index is 1.24. The molecular formula is C36H42N2O9. The van der Waals surface area contributed by atoms with E-state index in [0.717, 1.165) is 58.7 Å². The lowest BCUT2D eigenvalue weighted by atomic mass is 9.99. The first-order chi connectivity index (χ1) is 22.7. The van der Waals surface area contributed by atoms with Gasteiger partial charge in [0.2, 0.25) is 6.29 Å². The first kappa shape index (κ1) is 32.8. The Bertz CT molecular complexity index is 1660. The van der Waals surface area contributed by atoms with Gasteiger partial charge >= 0.3 is 5.97 Å². The summed E-state index contributed by atoms with van der Waals surface area (Å²) in [6.07, 6.45) is -3.40. The third kappa shape index (κ3) is 7.24. The molecule has 5 N–H and O–H groups in total. The largest absolute Gasteiger partial charge is 0.508 e. The van der Waals surface area contributed by atoms with Crippen molar-refractivity contribution in [2.75, 3.05) is 26.2 Å². The van der Waals surface area contributed by atoms with Gasteiger partial charge in [0.15, 0.2) is 6.10 Å². The van der Waals surface area contributed by atoms with Crippen LogP contribution in [0.1, 0.15) is 36.8 Å². The lowest BCUT2D eigenvalue weighted by molar-refractivity contribution is -0.271. The molecule has 0 saturated carbocycles. The molecule has 0 radical (unpaired) electrons. The third-order valence-corrected chi connectivity index (χ3v) is 9.13. The van der Waals surface area contributed by atoms with E-state index >= 15 is 0 Å². The molecule has 5 atom stereocenters. The molecular weight excluding hydrogens is 604 g/mol. The van der Waals surface area contributed by atoms with Crippen LogP contribution in [0.5, 0.6) is 17.2 Å². The van der Waals surface area contributed by atoms with Crippen molar-refractivity contribution in [3.8, 4) is 28.5 Å². The number of aromatic hydroxyl groups is 1. The first-order valence-electron chi connectivity index (χ1n) is 16.1. The lowest BCUT2D eigenvalue weighted by Gasteiger charge is -2.38. The minimum Gasteiger partial charge on any atom is -0.508 e. The minimum atomic E-state index is -1.81. The summed E-state index contributed by atoms with van der Waals surface area (Å²) in [6.45, 7) is 6.38. The number of aryl methyl sites for hydroxylation is 1. The van der Waals surface area contributed by atoms with Gasteiger partial charge in [-0.05, 0) is 104 Å². The van der Waals surface area contributed by atoms with Crippen molar-refractivity contribution in [2.24, 2.45) is 0 Å². The summed E-state index contributed by atoms with van der Waals surface area (Å²) in [5, 5.41) is 50.9. The van der Waals surface area contributed by atoms with Gasteiger partial charge < -0.3 is 44.3 Å². The van der Waals surface area contributed by atoms with E-state index in [1.165, 1.54) is 25.7 Å². The van der Waals surface area contributed by atoms with Gasteiger partial charge in [-0.15, -0.1) is 0 Å². The fourth-order valence-corrected chi connectivity index (χ4v) is 6.54. The molecule has 2 aliphatic heterocycles. The number of aliphatic carboxylic acids is 1. The van der Waals surface area contributed by atoms with Gasteiger partial charge in [-0.3, -0.25) is 4.90 Å². The van der Waals surface area contributed by atoms with Crippen molar-refractivity contribution in [3.63, 3.8) is 0 Å². The molecule has 0 amide bonds. The van der Waals surface area contributed by atoms with Crippen LogP contribution in [0.2, 0.25) is 0 Å². The second-order valence-electron chi connectivity index (χ2n) is 12.4. The Kier molecular flexibility index (Phi) is 10.00. The Labute approximate surface area is 273 Å². The van der Waals surface area contributed by atoms with Crippen LogP contribution < -0.4 is 9.47 Å². The maximum absolute atomic E-state index is 11.6. The van der Waals surface area contributed by atoms with Crippen molar-refractivity contribution >= 4 is 16.9 Å². The van der Waals surface area contributed by atoms with Crippen LogP contribution in [0.25, 0.3) is 22.2 Å². The summed E-state index contributed by atoms with van der Waals surface area (Å²) in [5.74, 6) is -0.207. The highest BCUT2D eigenvalue weighted by Gasteiger charge is 2.48. The van der Waals surface area contributed by atoms with Crippen LogP contribution in [-0.2, 0) is 16.1 Å². The molecule has 3 aromatic carbocycles. The summed E-state index contributed by atoms with van der Waals surface area (Å²) < 4.78 is 19.4. The molecule has 11 heteroatoms. The highest BCUT2D eigenvalue weighted by Crippen LogP contribution is 2.37. The number of carboxylic acids is 1. The highest BCUT2D eigenvalue weighted by molar-refractivity contribution is 5.92. The molecule has 2 aliphatic rings. The molecule has 3 heterocycles. The van der Waals surface area contributed by atoms with Crippen molar-refractivity contribution in [1.29, 1.82) is 0 Å². The van der Waals surface area contributed by atoms with E-state index in [0.29, 0.717) is 13.2 Å². The number of likely N-dealkylation sites (tertiary alicyclic amines) is 1. The Morgan fingerprint density at radius 2 is 1.55 bits per heavy atom. The molecule has 2 fully saturated rings. The van der Waals surface area contributed by atoms with Crippen LogP contribution in [0.4, 0.5) is 0 Å². The number of aliphatic hydroxyl groups excluding tert-OH is 3. The molecule has 47 heavy (non-hydrogen) atoms. The van der Waals surface area contributed by atoms with Gasteiger partial charge in [0.05, 0.1) is 5.69 Å².